The average molecular weight is 286 g/mol. The van der Waals surface area contributed by atoms with Gasteiger partial charge in [-0.3, -0.25) is 9.59 Å². The van der Waals surface area contributed by atoms with Crippen LogP contribution < -0.4 is 5.32 Å². The lowest BCUT2D eigenvalue weighted by Gasteiger charge is -2.12. The Balaban J connectivity index is 3.12. The predicted molar refractivity (Wildman–Crippen MR) is 63.7 cm³/mol. The molecule has 0 fully saturated rings. The van der Waals surface area contributed by atoms with E-state index in [1.165, 1.54) is 7.05 Å². The largest absolute Gasteiger partial charge is 0.480 e. The first-order valence-electron chi connectivity index (χ1n) is 4.67. The van der Waals surface area contributed by atoms with Crippen LogP contribution in [0.2, 0.25) is 0 Å². The minimum absolute atomic E-state index is 0.413. The van der Waals surface area contributed by atoms with Gasteiger partial charge < -0.3 is 10.4 Å². The first-order valence-corrected chi connectivity index (χ1v) is 5.47. The van der Waals surface area contributed by atoms with E-state index in [0.717, 1.165) is 10.0 Å². The number of likely N-dealkylation sites (N-methyl/N-ethyl adjacent to an activating group) is 1. The third-order valence-corrected chi connectivity index (χ3v) is 2.76. The van der Waals surface area contributed by atoms with Gasteiger partial charge in [-0.25, -0.2) is 0 Å². The van der Waals surface area contributed by atoms with E-state index in [2.05, 4.69) is 21.2 Å². The Bertz CT molecular complexity index is 431. The summed E-state index contributed by atoms with van der Waals surface area (Å²) in [6.45, 7) is 1.77. The van der Waals surface area contributed by atoms with E-state index in [9.17, 15) is 9.59 Å². The number of aliphatic carboxylic acids is 1. The first kappa shape index (κ1) is 12.9. The van der Waals surface area contributed by atoms with Crippen LogP contribution in [0.5, 0.6) is 0 Å². The van der Waals surface area contributed by atoms with Crippen LogP contribution in [0.4, 0.5) is 0 Å². The molecule has 0 aliphatic carbocycles. The summed E-state index contributed by atoms with van der Waals surface area (Å²) in [5, 5.41) is 11.4. The number of carboxylic acid groups (broad SMARTS) is 1. The number of carbonyl (C=O) groups excluding carboxylic acids is 1. The molecule has 0 saturated carbocycles. The van der Waals surface area contributed by atoms with Crippen LogP contribution >= 0.6 is 15.9 Å². The van der Waals surface area contributed by atoms with E-state index in [0.29, 0.717) is 5.56 Å². The van der Waals surface area contributed by atoms with Crippen LogP contribution in [0, 0.1) is 6.92 Å². The molecule has 0 aromatic heterocycles. The number of halogens is 1. The maximum absolute atomic E-state index is 11.9. The zero-order valence-corrected chi connectivity index (χ0v) is 10.5. The van der Waals surface area contributed by atoms with Gasteiger partial charge in [0.05, 0.1) is 0 Å². The summed E-state index contributed by atoms with van der Waals surface area (Å²) in [7, 11) is 1.45. The highest BCUT2D eigenvalue weighted by molar-refractivity contribution is 9.10. The molecule has 0 bridgehead atoms. The minimum atomic E-state index is -1.20. The van der Waals surface area contributed by atoms with Crippen molar-refractivity contribution in [1.29, 1.82) is 0 Å². The predicted octanol–water partition coefficient (Wildman–Crippen LogP) is 1.61. The molecule has 1 unspecified atom stereocenters. The lowest BCUT2D eigenvalue weighted by molar-refractivity contribution is -0.137. The van der Waals surface area contributed by atoms with E-state index in [-0.39, 0.29) is 0 Å². The van der Waals surface area contributed by atoms with Gasteiger partial charge in [0.2, 0.25) is 0 Å². The van der Waals surface area contributed by atoms with Gasteiger partial charge in [0, 0.05) is 10.0 Å². The number of benzene rings is 1. The van der Waals surface area contributed by atoms with Gasteiger partial charge in [0.25, 0.3) is 0 Å². The molecule has 0 aliphatic rings. The zero-order chi connectivity index (χ0) is 12.3. The van der Waals surface area contributed by atoms with Crippen molar-refractivity contribution in [1.82, 2.24) is 5.32 Å². The smallest absolute Gasteiger partial charge is 0.328 e. The molecule has 86 valence electrons. The van der Waals surface area contributed by atoms with Crippen molar-refractivity contribution < 1.29 is 14.7 Å². The van der Waals surface area contributed by atoms with Crippen molar-refractivity contribution in [3.8, 4) is 0 Å². The summed E-state index contributed by atoms with van der Waals surface area (Å²) in [5.41, 5.74) is 1.17. The van der Waals surface area contributed by atoms with Gasteiger partial charge in [-0.1, -0.05) is 22.0 Å². The highest BCUT2D eigenvalue weighted by Gasteiger charge is 2.26. The molecular weight excluding hydrogens is 274 g/mol. The molecule has 4 nitrogen and oxygen atoms in total. The summed E-state index contributed by atoms with van der Waals surface area (Å²) in [6, 6.07) is 4.01. The number of rotatable bonds is 4. The fourth-order valence-corrected chi connectivity index (χ4v) is 1.74. The number of nitrogens with one attached hydrogen (secondary N) is 1. The number of ketones is 1. The standard InChI is InChI=1S/C11H12BrNO3/c1-6-3-4-7(12)5-8(6)10(14)9(13-2)11(15)16/h3-5,9,13H,1-2H3,(H,15,16). The highest BCUT2D eigenvalue weighted by atomic mass is 79.9. The lowest BCUT2D eigenvalue weighted by Crippen LogP contribution is -2.41. The number of hydrogen-bond donors (Lipinski definition) is 2. The molecule has 1 aromatic carbocycles. The van der Waals surface area contributed by atoms with E-state index < -0.39 is 17.8 Å². The van der Waals surface area contributed by atoms with Crippen LogP contribution in [-0.2, 0) is 4.79 Å². The molecular formula is C11H12BrNO3. The maximum atomic E-state index is 11.9. The number of carbonyl (C=O) groups is 2. The quantitative estimate of drug-likeness (QED) is 0.652. The fraction of sp³-hybridized carbons (Fsp3) is 0.273. The third-order valence-electron chi connectivity index (χ3n) is 2.26. The number of hydrogen-bond acceptors (Lipinski definition) is 3. The van der Waals surface area contributed by atoms with E-state index >= 15 is 0 Å². The van der Waals surface area contributed by atoms with Gasteiger partial charge in [-0.2, -0.15) is 0 Å². The number of carboxylic acids is 1. The number of aryl methyl sites for hydroxylation is 1. The Labute approximate surface area is 102 Å². The molecule has 0 radical (unpaired) electrons. The van der Waals surface area contributed by atoms with Gasteiger partial charge in [-0.15, -0.1) is 0 Å². The number of Topliss-reactive ketones (excluding diaryl/α,β-unsaturated/α-hetero) is 1. The van der Waals surface area contributed by atoms with E-state index in [4.69, 9.17) is 5.11 Å². The molecule has 16 heavy (non-hydrogen) atoms. The second-order valence-corrected chi connectivity index (χ2v) is 4.30. The summed E-state index contributed by atoms with van der Waals surface area (Å²) < 4.78 is 0.752. The Hall–Kier alpha value is -1.20. The Kier molecular flexibility index (Phi) is 4.20. The second-order valence-electron chi connectivity index (χ2n) is 3.38. The molecule has 5 heteroatoms. The van der Waals surface area contributed by atoms with Gasteiger partial charge >= 0.3 is 5.97 Å². The summed E-state index contributed by atoms with van der Waals surface area (Å²) in [6.07, 6.45) is 0. The Morgan fingerprint density at radius 1 is 1.44 bits per heavy atom. The van der Waals surface area contributed by atoms with E-state index in [1.54, 1.807) is 25.1 Å². The van der Waals surface area contributed by atoms with Crippen LogP contribution in [0.1, 0.15) is 15.9 Å². The van der Waals surface area contributed by atoms with Crippen molar-refractivity contribution in [3.05, 3.63) is 33.8 Å². The molecule has 1 aromatic rings. The van der Waals surface area contributed by atoms with Crippen molar-refractivity contribution in [2.75, 3.05) is 7.05 Å². The van der Waals surface area contributed by atoms with Crippen molar-refractivity contribution in [2.45, 2.75) is 13.0 Å². The van der Waals surface area contributed by atoms with Gasteiger partial charge in [0.1, 0.15) is 0 Å². The molecule has 0 spiro atoms. The molecule has 0 saturated heterocycles. The molecule has 1 rings (SSSR count). The van der Waals surface area contributed by atoms with Crippen LogP contribution in [0.15, 0.2) is 22.7 Å². The molecule has 1 atom stereocenters. The highest BCUT2D eigenvalue weighted by Crippen LogP contribution is 2.17. The van der Waals surface area contributed by atoms with Crippen molar-refractivity contribution in [2.24, 2.45) is 0 Å². The summed E-state index contributed by atoms with van der Waals surface area (Å²) in [5.74, 6) is -1.61. The Morgan fingerprint density at radius 3 is 2.56 bits per heavy atom. The molecule has 0 heterocycles. The van der Waals surface area contributed by atoms with Gasteiger partial charge in [0.15, 0.2) is 11.8 Å². The summed E-state index contributed by atoms with van der Waals surface area (Å²) in [4.78, 5) is 22.8. The topological polar surface area (TPSA) is 66.4 Å². The second kappa shape index (κ2) is 5.23. The van der Waals surface area contributed by atoms with Crippen LogP contribution in [0.3, 0.4) is 0 Å². The minimum Gasteiger partial charge on any atom is -0.480 e. The third kappa shape index (κ3) is 2.68. The fourth-order valence-electron chi connectivity index (χ4n) is 1.38. The average Bonchev–Trinajstić information content (AvgIpc) is 2.22. The zero-order valence-electron chi connectivity index (χ0n) is 8.95. The Morgan fingerprint density at radius 2 is 2.06 bits per heavy atom. The van der Waals surface area contributed by atoms with Crippen LogP contribution in [0.25, 0.3) is 0 Å². The molecule has 0 aliphatic heterocycles. The monoisotopic (exact) mass is 285 g/mol. The lowest BCUT2D eigenvalue weighted by atomic mass is 10.00. The molecule has 0 amide bonds. The summed E-state index contributed by atoms with van der Waals surface area (Å²) >= 11 is 3.25. The van der Waals surface area contributed by atoms with E-state index in [1.807, 2.05) is 0 Å². The van der Waals surface area contributed by atoms with Crippen molar-refractivity contribution in [3.63, 3.8) is 0 Å². The first-order chi connectivity index (χ1) is 7.47. The van der Waals surface area contributed by atoms with Gasteiger partial charge in [-0.05, 0) is 31.7 Å². The van der Waals surface area contributed by atoms with Crippen LogP contribution in [-0.4, -0.2) is 29.9 Å². The SMILES string of the molecule is CNC(C(=O)O)C(=O)c1cc(Br)ccc1C. The van der Waals surface area contributed by atoms with Crippen molar-refractivity contribution >= 4 is 27.7 Å². The normalized spacial score (nSPS) is 12.2. The maximum Gasteiger partial charge on any atom is 0.328 e. The molecule has 2 N–H and O–H groups in total.